The maximum absolute atomic E-state index is 13.0. The Morgan fingerprint density at radius 1 is 0.862 bits per heavy atom. The number of thiophene rings is 1. The van der Waals surface area contributed by atoms with Gasteiger partial charge in [-0.05, 0) is 45.7 Å². The highest BCUT2D eigenvalue weighted by molar-refractivity contribution is 7.88. The van der Waals surface area contributed by atoms with E-state index < -0.39 is 22.1 Å². The summed E-state index contributed by atoms with van der Waals surface area (Å²) in [6.45, 7) is 0. The minimum absolute atomic E-state index is 0.0936. The van der Waals surface area contributed by atoms with E-state index in [0.29, 0.717) is 0 Å². The van der Waals surface area contributed by atoms with Gasteiger partial charge in [0.2, 0.25) is 10.0 Å². The van der Waals surface area contributed by atoms with Gasteiger partial charge in [-0.15, -0.1) is 11.3 Å². The molecule has 2 atom stereocenters. The van der Waals surface area contributed by atoms with Gasteiger partial charge in [-0.1, -0.05) is 66.7 Å². The van der Waals surface area contributed by atoms with Crippen molar-refractivity contribution < 1.29 is 8.42 Å². The van der Waals surface area contributed by atoms with E-state index in [9.17, 15) is 8.42 Å². The number of sulfonamides is 1. The molecule has 3 N–H and O–H groups in total. The lowest BCUT2D eigenvalue weighted by molar-refractivity contribution is 0.503. The highest BCUT2D eigenvalue weighted by Crippen LogP contribution is 2.28. The summed E-state index contributed by atoms with van der Waals surface area (Å²) in [7, 11) is -3.61. The molecule has 3 aromatic carbocycles. The van der Waals surface area contributed by atoms with E-state index in [-0.39, 0.29) is 5.75 Å². The van der Waals surface area contributed by atoms with Gasteiger partial charge >= 0.3 is 0 Å². The van der Waals surface area contributed by atoms with Crippen molar-refractivity contribution in [1.82, 2.24) is 4.72 Å². The Bertz CT molecular complexity index is 1190. The lowest BCUT2D eigenvalue weighted by Gasteiger charge is -2.26. The number of benzene rings is 3. The molecule has 4 rings (SSSR count). The van der Waals surface area contributed by atoms with Gasteiger partial charge in [-0.3, -0.25) is 0 Å². The predicted octanol–water partition coefficient (Wildman–Crippen LogP) is 4.76. The van der Waals surface area contributed by atoms with E-state index in [1.54, 1.807) is 11.3 Å². The van der Waals surface area contributed by atoms with Gasteiger partial charge in [0.1, 0.15) is 0 Å². The monoisotopic (exact) mass is 422 g/mol. The summed E-state index contributed by atoms with van der Waals surface area (Å²) in [6.07, 6.45) is 0. The fraction of sp³-hybridized carbons (Fsp3) is 0.130. The molecule has 0 radical (unpaired) electrons. The molecule has 1 aromatic heterocycles. The van der Waals surface area contributed by atoms with Crippen LogP contribution in [0.2, 0.25) is 0 Å². The molecule has 1 heterocycles. The van der Waals surface area contributed by atoms with Gasteiger partial charge in [0.15, 0.2) is 0 Å². The molecule has 0 amide bonds. The van der Waals surface area contributed by atoms with Gasteiger partial charge in [0.05, 0.1) is 17.8 Å². The fourth-order valence-corrected chi connectivity index (χ4v) is 5.58. The summed E-state index contributed by atoms with van der Waals surface area (Å²) in [4.78, 5) is 0. The molecule has 0 saturated carbocycles. The minimum atomic E-state index is -3.61. The smallest absolute Gasteiger partial charge is 0.216 e. The Morgan fingerprint density at radius 2 is 1.52 bits per heavy atom. The van der Waals surface area contributed by atoms with Crippen LogP contribution < -0.4 is 10.5 Å². The van der Waals surface area contributed by atoms with Crippen LogP contribution >= 0.6 is 11.3 Å². The summed E-state index contributed by atoms with van der Waals surface area (Å²) in [5, 5.41) is 3.06. The summed E-state index contributed by atoms with van der Waals surface area (Å²) >= 11 is 1.64. The first-order chi connectivity index (χ1) is 14.0. The summed E-state index contributed by atoms with van der Waals surface area (Å²) < 4.78 is 30.1. The van der Waals surface area contributed by atoms with E-state index in [1.807, 2.05) is 90.3 Å². The zero-order chi connectivity index (χ0) is 20.3. The van der Waals surface area contributed by atoms with Crippen LogP contribution in [0.4, 0.5) is 0 Å². The molecule has 0 fully saturated rings. The van der Waals surface area contributed by atoms with Crippen LogP contribution in [-0.4, -0.2) is 8.42 Å². The van der Waals surface area contributed by atoms with Crippen molar-refractivity contribution in [2.45, 2.75) is 17.8 Å². The number of nitrogens with two attached hydrogens (primary N) is 1. The molecule has 4 nitrogen and oxygen atoms in total. The van der Waals surface area contributed by atoms with Crippen LogP contribution in [0.3, 0.4) is 0 Å². The van der Waals surface area contributed by atoms with Crippen molar-refractivity contribution in [2.75, 3.05) is 0 Å². The average Bonchev–Trinajstić information content (AvgIpc) is 3.20. The molecule has 2 unspecified atom stereocenters. The average molecular weight is 423 g/mol. The Kier molecular flexibility index (Phi) is 5.78. The van der Waals surface area contributed by atoms with Crippen LogP contribution in [0.5, 0.6) is 0 Å². The number of nitrogens with one attached hydrogen (secondary N) is 1. The molecule has 0 aliphatic carbocycles. The van der Waals surface area contributed by atoms with Crippen molar-refractivity contribution in [1.29, 1.82) is 0 Å². The third-order valence-electron chi connectivity index (χ3n) is 4.88. The molecule has 0 saturated heterocycles. The van der Waals surface area contributed by atoms with Crippen LogP contribution in [0.15, 0.2) is 90.3 Å². The SMILES string of the molecule is NC(c1ccccc1)C(NS(=O)(=O)Cc1ccc2sccc2c1)c1ccccc1. The second kappa shape index (κ2) is 8.47. The number of hydrogen-bond acceptors (Lipinski definition) is 4. The first-order valence-electron chi connectivity index (χ1n) is 9.33. The summed E-state index contributed by atoms with van der Waals surface area (Å²) in [5.74, 6) is -0.0936. The van der Waals surface area contributed by atoms with Crippen LogP contribution in [0.25, 0.3) is 10.1 Å². The van der Waals surface area contributed by atoms with Crippen molar-refractivity contribution in [3.63, 3.8) is 0 Å². The third kappa shape index (κ3) is 4.74. The molecule has 148 valence electrons. The number of hydrogen-bond donors (Lipinski definition) is 2. The van der Waals surface area contributed by atoms with Crippen molar-refractivity contribution in [2.24, 2.45) is 5.73 Å². The lowest BCUT2D eigenvalue weighted by atomic mass is 9.95. The molecule has 0 aliphatic rings. The predicted molar refractivity (Wildman–Crippen MR) is 120 cm³/mol. The molecule has 29 heavy (non-hydrogen) atoms. The Balaban J connectivity index is 1.62. The van der Waals surface area contributed by atoms with Gasteiger partial charge in [-0.25, -0.2) is 13.1 Å². The summed E-state index contributed by atoms with van der Waals surface area (Å²) in [6, 6.07) is 25.7. The molecular weight excluding hydrogens is 400 g/mol. The fourth-order valence-electron chi connectivity index (χ4n) is 3.44. The Hall–Kier alpha value is -2.51. The minimum Gasteiger partial charge on any atom is -0.322 e. The van der Waals surface area contributed by atoms with Gasteiger partial charge < -0.3 is 5.73 Å². The first kappa shape index (κ1) is 19.8. The topological polar surface area (TPSA) is 72.2 Å². The molecule has 0 bridgehead atoms. The largest absolute Gasteiger partial charge is 0.322 e. The van der Waals surface area contributed by atoms with E-state index in [1.165, 1.54) is 0 Å². The van der Waals surface area contributed by atoms with Crippen molar-refractivity contribution in [3.05, 3.63) is 107 Å². The maximum atomic E-state index is 13.0. The molecule has 6 heteroatoms. The first-order valence-corrected chi connectivity index (χ1v) is 11.9. The lowest BCUT2D eigenvalue weighted by Crippen LogP contribution is -2.36. The Morgan fingerprint density at radius 3 is 2.21 bits per heavy atom. The molecule has 0 aliphatic heterocycles. The van der Waals surface area contributed by atoms with E-state index in [0.717, 1.165) is 26.8 Å². The maximum Gasteiger partial charge on any atom is 0.216 e. The number of fused-ring (bicyclic) bond motifs is 1. The highest BCUT2D eigenvalue weighted by Gasteiger charge is 2.26. The van der Waals surface area contributed by atoms with Crippen LogP contribution in [0.1, 0.15) is 28.8 Å². The zero-order valence-electron chi connectivity index (χ0n) is 15.7. The second-order valence-corrected chi connectivity index (χ2v) is 9.70. The quantitative estimate of drug-likeness (QED) is 0.451. The normalized spacial score (nSPS) is 14.0. The van der Waals surface area contributed by atoms with E-state index in [2.05, 4.69) is 4.72 Å². The van der Waals surface area contributed by atoms with Crippen molar-refractivity contribution >= 4 is 31.4 Å². The molecule has 0 spiro atoms. The van der Waals surface area contributed by atoms with E-state index >= 15 is 0 Å². The zero-order valence-corrected chi connectivity index (χ0v) is 17.4. The third-order valence-corrected chi connectivity index (χ3v) is 7.11. The highest BCUT2D eigenvalue weighted by atomic mass is 32.2. The number of rotatable bonds is 7. The van der Waals surface area contributed by atoms with Gasteiger partial charge in [-0.2, -0.15) is 0 Å². The van der Waals surface area contributed by atoms with Crippen molar-refractivity contribution in [3.8, 4) is 0 Å². The molecular formula is C23H22N2O2S2. The Labute approximate surface area is 175 Å². The van der Waals surface area contributed by atoms with Gasteiger partial charge in [0.25, 0.3) is 0 Å². The molecule has 4 aromatic rings. The second-order valence-electron chi connectivity index (χ2n) is 6.99. The standard InChI is InChI=1S/C23H22N2O2S2/c24-22(18-7-3-1-4-8-18)23(19-9-5-2-6-10-19)25-29(26,27)16-17-11-12-21-20(15-17)13-14-28-21/h1-15,22-23,25H,16,24H2. The van der Waals surface area contributed by atoms with Crippen LogP contribution in [-0.2, 0) is 15.8 Å². The van der Waals surface area contributed by atoms with Crippen LogP contribution in [0, 0.1) is 0 Å². The summed E-state index contributed by atoms with van der Waals surface area (Å²) in [5.41, 5.74) is 8.97. The van der Waals surface area contributed by atoms with E-state index in [4.69, 9.17) is 5.73 Å². The van der Waals surface area contributed by atoms with Gasteiger partial charge in [0, 0.05) is 4.70 Å².